The summed E-state index contributed by atoms with van der Waals surface area (Å²) in [5.41, 5.74) is 4.02. The molecule has 3 N–H and O–H groups in total. The van der Waals surface area contributed by atoms with Gasteiger partial charge in [-0.15, -0.1) is 0 Å². The molecule has 100 valence electrons. The van der Waals surface area contributed by atoms with Gasteiger partial charge in [-0.1, -0.05) is 0 Å². The Morgan fingerprint density at radius 2 is 1.94 bits per heavy atom. The number of nitrogens with two attached hydrogens (primary N) is 1. The van der Waals surface area contributed by atoms with E-state index in [1.165, 1.54) is 0 Å². The number of amides is 1. The van der Waals surface area contributed by atoms with Gasteiger partial charge in [-0.3, -0.25) is 4.79 Å². The van der Waals surface area contributed by atoms with Crippen LogP contribution < -0.4 is 11.1 Å². The predicted octanol–water partition coefficient (Wildman–Crippen LogP) is 1.81. The van der Waals surface area contributed by atoms with Crippen molar-refractivity contribution in [1.29, 1.82) is 0 Å². The maximum Gasteiger partial charge on any atom is 0.416 e. The highest BCUT2D eigenvalue weighted by Gasteiger charge is 2.31. The summed E-state index contributed by atoms with van der Waals surface area (Å²) in [5.74, 6) is -1.46. The van der Waals surface area contributed by atoms with Crippen molar-refractivity contribution >= 4 is 5.91 Å². The Bertz CT molecular complexity index is 432. The van der Waals surface area contributed by atoms with Crippen LogP contribution in [0.5, 0.6) is 0 Å². The molecule has 0 radical (unpaired) electrons. The Kier molecular flexibility index (Phi) is 4.66. The molecule has 0 aliphatic rings. The molecule has 3 nitrogen and oxygen atoms in total. The zero-order valence-corrected chi connectivity index (χ0v) is 9.35. The number of nitrogens with one attached hydrogen (secondary N) is 1. The minimum Gasteiger partial charge on any atom is -0.370 e. The number of carbonyl (C=O) groups is 1. The summed E-state index contributed by atoms with van der Waals surface area (Å²) in [6.07, 6.45) is -4.51. The van der Waals surface area contributed by atoms with Crippen molar-refractivity contribution in [1.82, 2.24) is 5.32 Å². The van der Waals surface area contributed by atoms with Crippen LogP contribution in [0.3, 0.4) is 0 Å². The fraction of sp³-hybridized carbons (Fsp3) is 0.364. The molecule has 0 bridgehead atoms. The van der Waals surface area contributed by atoms with Gasteiger partial charge in [-0.05, 0) is 23.8 Å². The van der Waals surface area contributed by atoms with E-state index in [-0.39, 0.29) is 25.1 Å². The van der Waals surface area contributed by atoms with Crippen LogP contribution in [-0.2, 0) is 17.5 Å². The van der Waals surface area contributed by atoms with E-state index in [2.05, 4.69) is 5.32 Å². The van der Waals surface area contributed by atoms with Crippen LogP contribution in [0.4, 0.5) is 17.6 Å². The monoisotopic (exact) mass is 264 g/mol. The van der Waals surface area contributed by atoms with Crippen molar-refractivity contribution in [3.63, 3.8) is 0 Å². The highest BCUT2D eigenvalue weighted by Crippen LogP contribution is 2.30. The number of halogens is 4. The average molecular weight is 264 g/mol. The van der Waals surface area contributed by atoms with Gasteiger partial charge in [0, 0.05) is 19.5 Å². The molecular weight excluding hydrogens is 252 g/mol. The predicted molar refractivity (Wildman–Crippen MR) is 56.9 cm³/mol. The smallest absolute Gasteiger partial charge is 0.370 e. The zero-order valence-electron chi connectivity index (χ0n) is 9.35. The molecule has 0 heterocycles. The maximum atomic E-state index is 13.0. The standard InChI is InChI=1S/C11H12F4N2O/c12-9-4-7(6-17-2-1-10(16)18)3-8(5-9)11(13,14)15/h3-5,17H,1-2,6H2,(H2,16,18). The van der Waals surface area contributed by atoms with E-state index in [0.717, 1.165) is 12.1 Å². The third kappa shape index (κ3) is 4.70. The Hall–Kier alpha value is -1.63. The molecule has 0 saturated carbocycles. The molecular formula is C11H12F4N2O. The Balaban J connectivity index is 2.66. The van der Waals surface area contributed by atoms with Gasteiger partial charge < -0.3 is 11.1 Å². The molecule has 0 atom stereocenters. The van der Waals surface area contributed by atoms with Crippen LogP contribution in [0.25, 0.3) is 0 Å². The van der Waals surface area contributed by atoms with E-state index in [4.69, 9.17) is 5.73 Å². The highest BCUT2D eigenvalue weighted by atomic mass is 19.4. The third-order valence-corrected chi connectivity index (χ3v) is 2.16. The van der Waals surface area contributed by atoms with Gasteiger partial charge in [0.1, 0.15) is 5.82 Å². The van der Waals surface area contributed by atoms with E-state index in [1.54, 1.807) is 0 Å². The summed E-state index contributed by atoms with van der Waals surface area (Å²) < 4.78 is 50.2. The number of hydrogen-bond acceptors (Lipinski definition) is 2. The fourth-order valence-corrected chi connectivity index (χ4v) is 1.36. The first-order valence-electron chi connectivity index (χ1n) is 5.14. The van der Waals surface area contributed by atoms with Gasteiger partial charge in [-0.25, -0.2) is 4.39 Å². The van der Waals surface area contributed by atoms with E-state index in [1.807, 2.05) is 0 Å². The highest BCUT2D eigenvalue weighted by molar-refractivity contribution is 5.73. The van der Waals surface area contributed by atoms with Gasteiger partial charge in [0.2, 0.25) is 5.91 Å². The van der Waals surface area contributed by atoms with Crippen molar-refractivity contribution in [3.8, 4) is 0 Å². The molecule has 1 amide bonds. The second-order valence-corrected chi connectivity index (χ2v) is 3.74. The number of alkyl halides is 3. The largest absolute Gasteiger partial charge is 0.416 e. The van der Waals surface area contributed by atoms with Crippen LogP contribution in [0.2, 0.25) is 0 Å². The second kappa shape index (κ2) is 5.81. The molecule has 0 saturated heterocycles. The molecule has 0 fully saturated rings. The minimum absolute atomic E-state index is 0.0358. The van der Waals surface area contributed by atoms with Gasteiger partial charge in [0.05, 0.1) is 5.56 Å². The Morgan fingerprint density at radius 3 is 2.50 bits per heavy atom. The summed E-state index contributed by atoms with van der Waals surface area (Å²) in [6, 6.07) is 2.31. The minimum atomic E-state index is -4.58. The normalized spacial score (nSPS) is 11.6. The van der Waals surface area contributed by atoms with Crippen molar-refractivity contribution in [2.45, 2.75) is 19.1 Å². The van der Waals surface area contributed by atoms with E-state index in [0.29, 0.717) is 6.07 Å². The maximum absolute atomic E-state index is 13.0. The first kappa shape index (κ1) is 14.4. The van der Waals surface area contributed by atoms with Crippen LogP contribution in [0.15, 0.2) is 18.2 Å². The molecule has 1 aromatic rings. The van der Waals surface area contributed by atoms with E-state index < -0.39 is 23.5 Å². The van der Waals surface area contributed by atoms with Crippen LogP contribution in [-0.4, -0.2) is 12.5 Å². The van der Waals surface area contributed by atoms with Gasteiger partial charge >= 0.3 is 6.18 Å². The molecule has 0 spiro atoms. The number of hydrogen-bond donors (Lipinski definition) is 2. The molecule has 0 aliphatic carbocycles. The van der Waals surface area contributed by atoms with Gasteiger partial charge in [0.25, 0.3) is 0 Å². The van der Waals surface area contributed by atoms with Gasteiger partial charge in [-0.2, -0.15) is 13.2 Å². The lowest BCUT2D eigenvalue weighted by Crippen LogP contribution is -2.21. The van der Waals surface area contributed by atoms with E-state index >= 15 is 0 Å². The molecule has 0 aromatic heterocycles. The molecule has 1 aromatic carbocycles. The number of benzene rings is 1. The van der Waals surface area contributed by atoms with Crippen LogP contribution in [0.1, 0.15) is 17.5 Å². The number of carbonyl (C=O) groups excluding carboxylic acids is 1. The average Bonchev–Trinajstić information content (AvgIpc) is 2.22. The molecule has 1 rings (SSSR count). The lowest BCUT2D eigenvalue weighted by Gasteiger charge is -2.10. The first-order chi connectivity index (χ1) is 8.29. The summed E-state index contributed by atoms with van der Waals surface area (Å²) in [6.45, 7) is 0.265. The lowest BCUT2D eigenvalue weighted by molar-refractivity contribution is -0.137. The zero-order chi connectivity index (χ0) is 13.8. The quantitative estimate of drug-likeness (QED) is 0.629. The Morgan fingerprint density at radius 1 is 1.28 bits per heavy atom. The van der Waals surface area contributed by atoms with Crippen molar-refractivity contribution < 1.29 is 22.4 Å². The summed E-state index contributed by atoms with van der Waals surface area (Å²) in [4.78, 5) is 10.4. The summed E-state index contributed by atoms with van der Waals surface area (Å²) >= 11 is 0. The SMILES string of the molecule is NC(=O)CCNCc1cc(F)cc(C(F)(F)F)c1. The van der Waals surface area contributed by atoms with Crippen molar-refractivity contribution in [2.75, 3.05) is 6.54 Å². The fourth-order valence-electron chi connectivity index (χ4n) is 1.36. The topological polar surface area (TPSA) is 55.1 Å². The van der Waals surface area contributed by atoms with Gasteiger partial charge in [0.15, 0.2) is 0 Å². The lowest BCUT2D eigenvalue weighted by atomic mass is 10.1. The van der Waals surface area contributed by atoms with Crippen LogP contribution >= 0.6 is 0 Å². The number of primary amides is 1. The van der Waals surface area contributed by atoms with Crippen molar-refractivity contribution in [3.05, 3.63) is 35.1 Å². The van der Waals surface area contributed by atoms with E-state index in [9.17, 15) is 22.4 Å². The Labute approximate surface area is 101 Å². The first-order valence-corrected chi connectivity index (χ1v) is 5.14. The summed E-state index contributed by atoms with van der Waals surface area (Å²) in [5, 5.41) is 2.70. The molecule has 18 heavy (non-hydrogen) atoms. The molecule has 0 aliphatic heterocycles. The third-order valence-electron chi connectivity index (χ3n) is 2.16. The summed E-state index contributed by atoms with van der Waals surface area (Å²) in [7, 11) is 0. The van der Waals surface area contributed by atoms with Crippen LogP contribution in [0, 0.1) is 5.82 Å². The second-order valence-electron chi connectivity index (χ2n) is 3.74. The molecule has 7 heteroatoms. The number of rotatable bonds is 5. The van der Waals surface area contributed by atoms with Crippen molar-refractivity contribution in [2.24, 2.45) is 5.73 Å². The molecule has 0 unspecified atom stereocenters.